The number of halogens is 1. The highest BCUT2D eigenvalue weighted by Gasteiger charge is 2.43. The van der Waals surface area contributed by atoms with Gasteiger partial charge in [0.2, 0.25) is 11.9 Å². The van der Waals surface area contributed by atoms with Crippen molar-refractivity contribution in [2.45, 2.75) is 12.5 Å². The molecule has 0 radical (unpaired) electrons. The summed E-state index contributed by atoms with van der Waals surface area (Å²) in [5.41, 5.74) is 2.02. The number of Topliss-reactive ketones (excluding diaryl/α,β-unsaturated/α-hetero) is 1. The number of fused-ring (bicyclic) bond motifs is 2. The lowest BCUT2D eigenvalue weighted by atomic mass is 10.0. The quantitative estimate of drug-likeness (QED) is 0.810. The van der Waals surface area contributed by atoms with Gasteiger partial charge < -0.3 is 5.11 Å². The molecule has 0 aliphatic carbocycles. The van der Waals surface area contributed by atoms with E-state index in [1.54, 1.807) is 28.3 Å². The Morgan fingerprint density at radius 2 is 2.12 bits per heavy atom. The predicted molar refractivity (Wildman–Crippen MR) is 94.2 cm³/mol. The Morgan fingerprint density at radius 3 is 2.92 bits per heavy atom. The molecule has 1 amide bonds. The number of aromatic nitrogens is 2. The van der Waals surface area contributed by atoms with Gasteiger partial charge in [0.1, 0.15) is 18.2 Å². The number of amides is 1. The number of benzene rings is 1. The fourth-order valence-corrected chi connectivity index (χ4v) is 3.83. The number of rotatable bonds is 3. The summed E-state index contributed by atoms with van der Waals surface area (Å²) in [7, 11) is 0. The number of ketones is 1. The largest absolute Gasteiger partial charge is 0.388 e. The molecule has 4 rings (SSSR count). The molecule has 8 nitrogen and oxygen atoms in total. The van der Waals surface area contributed by atoms with Gasteiger partial charge in [-0.05, 0) is 28.1 Å². The van der Waals surface area contributed by atoms with Crippen molar-refractivity contribution in [2.24, 2.45) is 4.99 Å². The average molecular weight is 404 g/mol. The minimum Gasteiger partial charge on any atom is -0.388 e. The number of nitrogens with zero attached hydrogens (tertiary/aromatic N) is 5. The lowest BCUT2D eigenvalue weighted by Crippen LogP contribution is -2.59. The summed E-state index contributed by atoms with van der Waals surface area (Å²) >= 11 is 3.55. The van der Waals surface area contributed by atoms with Crippen molar-refractivity contribution in [1.82, 2.24) is 14.9 Å². The SMILES string of the molecule is O=C(CO)C1CC(=O)N2CCN=C2N1c1ccc2nccnc2c1Br. The summed E-state index contributed by atoms with van der Waals surface area (Å²) in [4.78, 5) is 40.9. The molecule has 2 aromatic rings. The number of carbonyl (C=O) groups is 2. The van der Waals surface area contributed by atoms with Crippen molar-refractivity contribution < 1.29 is 14.7 Å². The predicted octanol–water partition coefficient (Wildman–Crippen LogP) is 0.731. The molecule has 1 aromatic heterocycles. The second-order valence-corrected chi connectivity index (χ2v) is 6.56. The number of carbonyl (C=O) groups excluding carboxylic acids is 2. The number of aliphatic hydroxyl groups is 1. The van der Waals surface area contributed by atoms with Gasteiger partial charge in [-0.25, -0.2) is 0 Å². The van der Waals surface area contributed by atoms with Gasteiger partial charge in [-0.2, -0.15) is 0 Å². The fraction of sp³-hybridized carbons (Fsp3) is 0.312. The molecule has 1 fully saturated rings. The van der Waals surface area contributed by atoms with Crippen molar-refractivity contribution >= 4 is 50.3 Å². The zero-order valence-corrected chi connectivity index (χ0v) is 14.7. The maximum Gasteiger partial charge on any atom is 0.231 e. The topological polar surface area (TPSA) is 99.0 Å². The summed E-state index contributed by atoms with van der Waals surface area (Å²) in [5, 5.41) is 9.34. The highest BCUT2D eigenvalue weighted by Crippen LogP contribution is 2.36. The molecule has 1 saturated heterocycles. The van der Waals surface area contributed by atoms with Crippen LogP contribution in [0.3, 0.4) is 0 Å². The third-order valence-corrected chi connectivity index (χ3v) is 5.14. The third-order valence-electron chi connectivity index (χ3n) is 4.36. The van der Waals surface area contributed by atoms with E-state index in [0.29, 0.717) is 40.2 Å². The maximum absolute atomic E-state index is 12.3. The third kappa shape index (κ3) is 2.50. The van der Waals surface area contributed by atoms with E-state index in [2.05, 4.69) is 30.9 Å². The van der Waals surface area contributed by atoms with Crippen LogP contribution in [0.4, 0.5) is 5.69 Å². The molecule has 3 heterocycles. The Bertz CT molecular complexity index is 916. The van der Waals surface area contributed by atoms with E-state index in [4.69, 9.17) is 0 Å². The summed E-state index contributed by atoms with van der Waals surface area (Å²) in [5.74, 6) is -0.142. The molecule has 0 spiro atoms. The average Bonchev–Trinajstić information content (AvgIpc) is 3.12. The maximum atomic E-state index is 12.3. The van der Waals surface area contributed by atoms with E-state index in [9.17, 15) is 14.7 Å². The fourth-order valence-electron chi connectivity index (χ4n) is 3.20. The molecule has 1 N–H and O–H groups in total. The Labute approximate surface area is 151 Å². The summed E-state index contributed by atoms with van der Waals surface area (Å²) in [6, 6.07) is 2.82. The summed E-state index contributed by atoms with van der Waals surface area (Å²) in [6.45, 7) is 0.352. The van der Waals surface area contributed by atoms with Crippen LogP contribution in [0.5, 0.6) is 0 Å². The van der Waals surface area contributed by atoms with Crippen molar-refractivity contribution in [3.63, 3.8) is 0 Å². The standard InChI is InChI=1S/C16H14BrN5O3/c17-14-10(2-1-9-15(14)19-4-3-18-9)22-11(12(24)8-23)7-13(25)21-6-5-20-16(21)22/h1-4,11,23H,5-8H2. The zero-order valence-electron chi connectivity index (χ0n) is 13.1. The lowest BCUT2D eigenvalue weighted by molar-refractivity contribution is -0.132. The first-order valence-corrected chi connectivity index (χ1v) is 8.58. The van der Waals surface area contributed by atoms with E-state index in [1.807, 2.05) is 6.07 Å². The number of anilines is 1. The normalized spacial score (nSPS) is 20.0. The first-order valence-electron chi connectivity index (χ1n) is 7.78. The number of hydrogen-bond donors (Lipinski definition) is 1. The lowest BCUT2D eigenvalue weighted by Gasteiger charge is -2.40. The van der Waals surface area contributed by atoms with Crippen LogP contribution in [0.2, 0.25) is 0 Å². The minimum atomic E-state index is -0.795. The van der Waals surface area contributed by atoms with Crippen LogP contribution < -0.4 is 4.90 Å². The van der Waals surface area contributed by atoms with Gasteiger partial charge in [0.25, 0.3) is 0 Å². The van der Waals surface area contributed by atoms with Crippen LogP contribution in [0, 0.1) is 0 Å². The van der Waals surface area contributed by atoms with E-state index >= 15 is 0 Å². The Hall–Kier alpha value is -2.39. The van der Waals surface area contributed by atoms with E-state index in [1.165, 1.54) is 0 Å². The van der Waals surface area contributed by atoms with Gasteiger partial charge in [-0.3, -0.25) is 34.3 Å². The van der Waals surface area contributed by atoms with Crippen LogP contribution >= 0.6 is 15.9 Å². The second kappa shape index (κ2) is 6.16. The molecule has 128 valence electrons. The van der Waals surface area contributed by atoms with E-state index in [-0.39, 0.29) is 12.3 Å². The summed E-state index contributed by atoms with van der Waals surface area (Å²) in [6.07, 6.45) is 3.20. The van der Waals surface area contributed by atoms with Gasteiger partial charge in [-0.15, -0.1) is 0 Å². The molecular formula is C16H14BrN5O3. The first-order chi connectivity index (χ1) is 12.1. The molecule has 1 unspecified atom stereocenters. The summed E-state index contributed by atoms with van der Waals surface area (Å²) < 4.78 is 0.665. The van der Waals surface area contributed by atoms with Gasteiger partial charge in [0.05, 0.1) is 28.6 Å². The number of aliphatic hydroxyl groups excluding tert-OH is 1. The van der Waals surface area contributed by atoms with Crippen LogP contribution in [0.15, 0.2) is 34.0 Å². The van der Waals surface area contributed by atoms with E-state index < -0.39 is 18.4 Å². The molecule has 2 aliphatic heterocycles. The van der Waals surface area contributed by atoms with Crippen LogP contribution in [-0.4, -0.2) is 63.4 Å². The Morgan fingerprint density at radius 1 is 1.32 bits per heavy atom. The smallest absolute Gasteiger partial charge is 0.231 e. The number of aliphatic imine (C=N–C) groups is 1. The van der Waals surface area contributed by atoms with Crippen LogP contribution in [-0.2, 0) is 9.59 Å². The molecular weight excluding hydrogens is 390 g/mol. The highest BCUT2D eigenvalue weighted by atomic mass is 79.9. The molecule has 0 bridgehead atoms. The highest BCUT2D eigenvalue weighted by molar-refractivity contribution is 9.10. The van der Waals surface area contributed by atoms with Crippen molar-refractivity contribution in [1.29, 1.82) is 0 Å². The zero-order chi connectivity index (χ0) is 17.6. The minimum absolute atomic E-state index is 0.00333. The van der Waals surface area contributed by atoms with E-state index in [0.717, 1.165) is 0 Å². The molecule has 1 atom stereocenters. The number of guanidine groups is 1. The van der Waals surface area contributed by atoms with Gasteiger partial charge >= 0.3 is 0 Å². The second-order valence-electron chi connectivity index (χ2n) is 5.76. The molecule has 25 heavy (non-hydrogen) atoms. The van der Waals surface area contributed by atoms with Crippen molar-refractivity contribution in [3.05, 3.63) is 29.0 Å². The number of hydrogen-bond acceptors (Lipinski definition) is 7. The molecule has 0 saturated carbocycles. The van der Waals surface area contributed by atoms with Gasteiger partial charge in [-0.1, -0.05) is 0 Å². The Kier molecular flexibility index (Phi) is 3.97. The first kappa shape index (κ1) is 16.1. The van der Waals surface area contributed by atoms with Crippen molar-refractivity contribution in [3.8, 4) is 0 Å². The van der Waals surface area contributed by atoms with Gasteiger partial charge in [0.15, 0.2) is 5.78 Å². The van der Waals surface area contributed by atoms with Gasteiger partial charge in [0, 0.05) is 18.9 Å². The molecule has 9 heteroatoms. The molecule has 1 aromatic carbocycles. The van der Waals surface area contributed by atoms with Crippen molar-refractivity contribution in [2.75, 3.05) is 24.6 Å². The molecule has 2 aliphatic rings. The monoisotopic (exact) mass is 403 g/mol. The van der Waals surface area contributed by atoms with Crippen LogP contribution in [0.1, 0.15) is 6.42 Å². The van der Waals surface area contributed by atoms with Crippen LogP contribution in [0.25, 0.3) is 11.0 Å². The Balaban J connectivity index is 1.89.